The van der Waals surface area contributed by atoms with Crippen LogP contribution in [0.3, 0.4) is 0 Å². The lowest BCUT2D eigenvalue weighted by Crippen LogP contribution is -2.31. The number of nitrogens with one attached hydrogen (secondary N) is 1. The highest BCUT2D eigenvalue weighted by Gasteiger charge is 2.36. The Bertz CT molecular complexity index is 1630. The summed E-state index contributed by atoms with van der Waals surface area (Å²) in [6, 6.07) is 31.6. The van der Waals surface area contributed by atoms with E-state index in [4.69, 9.17) is 0 Å². The molecule has 0 heterocycles. The van der Waals surface area contributed by atoms with Gasteiger partial charge >= 0.3 is 0 Å². The molecule has 178 valence electrons. The third-order valence-electron chi connectivity index (χ3n) is 7.77. The molecule has 0 radical (unpaired) electrons. The van der Waals surface area contributed by atoms with E-state index >= 15 is 0 Å². The number of carbonyl (C=O) groups excluding carboxylic acids is 1. The van der Waals surface area contributed by atoms with E-state index < -0.39 is 5.82 Å². The van der Waals surface area contributed by atoms with Crippen LogP contribution in [0.25, 0.3) is 21.5 Å². The largest absolute Gasteiger partial charge is 0.322 e. The minimum Gasteiger partial charge on any atom is -0.322 e. The average Bonchev–Trinajstić information content (AvgIpc) is 2.87. The monoisotopic (exact) mass is 473 g/mol. The van der Waals surface area contributed by atoms with Gasteiger partial charge in [-0.3, -0.25) is 4.79 Å². The van der Waals surface area contributed by atoms with E-state index in [9.17, 15) is 9.18 Å². The van der Waals surface area contributed by atoms with Crippen molar-refractivity contribution in [2.75, 3.05) is 5.32 Å². The van der Waals surface area contributed by atoms with Gasteiger partial charge in [0, 0.05) is 11.3 Å². The summed E-state index contributed by atoms with van der Waals surface area (Å²) in [7, 11) is 0. The van der Waals surface area contributed by atoms with Gasteiger partial charge in [0.15, 0.2) is 0 Å². The molecule has 6 rings (SSSR count). The molecule has 0 spiro atoms. The van der Waals surface area contributed by atoms with E-state index in [-0.39, 0.29) is 11.3 Å². The molecular weight excluding hydrogens is 445 g/mol. The second-order valence-electron chi connectivity index (χ2n) is 10.6. The van der Waals surface area contributed by atoms with Crippen molar-refractivity contribution in [2.45, 2.75) is 32.6 Å². The van der Waals surface area contributed by atoms with Gasteiger partial charge in [0.25, 0.3) is 5.91 Å². The van der Waals surface area contributed by atoms with Crippen LogP contribution in [0, 0.1) is 11.2 Å². The molecule has 3 heteroatoms. The highest BCUT2D eigenvalue weighted by Crippen LogP contribution is 2.48. The van der Waals surface area contributed by atoms with Crippen molar-refractivity contribution in [1.82, 2.24) is 0 Å². The standard InChI is InChI=1S/C33H28FNO/c1-33(2)20-30-22(14-16-28-27-12-4-3-7-21(27)13-15-29(28)30)19-31(33)23-8-6-11-26(18-23)35-32(36)24-9-5-10-25(34)17-24/h3-18,31H,19-20H2,1-2H3,(H,35,36). The molecule has 1 aliphatic rings. The van der Waals surface area contributed by atoms with Gasteiger partial charge in [0.1, 0.15) is 5.82 Å². The van der Waals surface area contributed by atoms with Gasteiger partial charge in [-0.05, 0) is 92.7 Å². The van der Waals surface area contributed by atoms with Crippen molar-refractivity contribution in [1.29, 1.82) is 0 Å². The Labute approximate surface area is 210 Å². The Hall–Kier alpha value is -3.98. The van der Waals surface area contributed by atoms with Crippen molar-refractivity contribution in [2.24, 2.45) is 5.41 Å². The van der Waals surface area contributed by atoms with Crippen LogP contribution < -0.4 is 5.32 Å². The maximum Gasteiger partial charge on any atom is 0.255 e. The van der Waals surface area contributed by atoms with Gasteiger partial charge in [0.05, 0.1) is 0 Å². The summed E-state index contributed by atoms with van der Waals surface area (Å²) in [6.07, 6.45) is 1.94. The van der Waals surface area contributed by atoms with Crippen LogP contribution in [0.5, 0.6) is 0 Å². The SMILES string of the molecule is CC1(C)Cc2c(ccc3c2ccc2ccccc23)CC1c1cccc(NC(=O)c2cccc(F)c2)c1. The normalized spacial score (nSPS) is 16.6. The van der Waals surface area contributed by atoms with E-state index in [1.807, 2.05) is 12.1 Å². The third-order valence-corrected chi connectivity index (χ3v) is 7.77. The van der Waals surface area contributed by atoms with E-state index in [1.165, 1.54) is 50.4 Å². The molecule has 0 saturated carbocycles. The van der Waals surface area contributed by atoms with Gasteiger partial charge < -0.3 is 5.32 Å². The number of fused-ring (bicyclic) bond motifs is 5. The predicted octanol–water partition coefficient (Wildman–Crippen LogP) is 8.29. The number of carbonyl (C=O) groups is 1. The Kier molecular flexibility index (Phi) is 5.37. The van der Waals surface area contributed by atoms with Crippen molar-refractivity contribution in [3.05, 3.63) is 125 Å². The maximum atomic E-state index is 13.6. The molecule has 36 heavy (non-hydrogen) atoms. The zero-order valence-corrected chi connectivity index (χ0v) is 20.5. The molecule has 0 saturated heterocycles. The zero-order chi connectivity index (χ0) is 24.9. The number of anilines is 1. The van der Waals surface area contributed by atoms with Gasteiger partial charge in [-0.15, -0.1) is 0 Å². The minimum absolute atomic E-state index is 0.0398. The van der Waals surface area contributed by atoms with Crippen LogP contribution in [0.4, 0.5) is 10.1 Å². The Balaban J connectivity index is 1.34. The molecule has 1 aliphatic carbocycles. The molecule has 5 aromatic carbocycles. The smallest absolute Gasteiger partial charge is 0.255 e. The summed E-state index contributed by atoms with van der Waals surface area (Å²) >= 11 is 0. The van der Waals surface area contributed by atoms with Crippen LogP contribution in [-0.4, -0.2) is 5.91 Å². The quantitative estimate of drug-likeness (QED) is 0.262. The molecular formula is C33H28FNO. The molecule has 0 aromatic heterocycles. The van der Waals surface area contributed by atoms with Crippen LogP contribution in [-0.2, 0) is 12.8 Å². The number of hydrogen-bond acceptors (Lipinski definition) is 1. The zero-order valence-electron chi connectivity index (χ0n) is 20.5. The molecule has 0 bridgehead atoms. The van der Waals surface area contributed by atoms with Gasteiger partial charge in [-0.25, -0.2) is 4.39 Å². The maximum absolute atomic E-state index is 13.6. The fourth-order valence-electron chi connectivity index (χ4n) is 5.91. The van der Waals surface area contributed by atoms with E-state index in [2.05, 4.69) is 79.8 Å². The first kappa shape index (κ1) is 22.5. The summed E-state index contributed by atoms with van der Waals surface area (Å²) in [5.41, 5.74) is 5.14. The van der Waals surface area contributed by atoms with E-state index in [0.717, 1.165) is 18.5 Å². The Morgan fingerprint density at radius 3 is 2.50 bits per heavy atom. The molecule has 0 aliphatic heterocycles. The molecule has 2 nitrogen and oxygen atoms in total. The Morgan fingerprint density at radius 1 is 0.833 bits per heavy atom. The lowest BCUT2D eigenvalue weighted by molar-refractivity contribution is 0.102. The van der Waals surface area contributed by atoms with Crippen molar-refractivity contribution in [3.63, 3.8) is 0 Å². The molecule has 1 N–H and O–H groups in total. The third kappa shape index (κ3) is 3.95. The number of benzene rings is 5. The van der Waals surface area contributed by atoms with Crippen molar-refractivity contribution >= 4 is 33.1 Å². The summed E-state index contributed by atoms with van der Waals surface area (Å²) in [5, 5.41) is 8.20. The molecule has 1 atom stereocenters. The average molecular weight is 474 g/mol. The Morgan fingerprint density at radius 2 is 1.64 bits per heavy atom. The van der Waals surface area contributed by atoms with Gasteiger partial charge in [-0.2, -0.15) is 0 Å². The van der Waals surface area contributed by atoms with Crippen LogP contribution in [0.15, 0.2) is 97.1 Å². The first-order valence-electron chi connectivity index (χ1n) is 12.5. The molecule has 1 unspecified atom stereocenters. The predicted molar refractivity (Wildman–Crippen MR) is 146 cm³/mol. The fraction of sp³-hybridized carbons (Fsp3) is 0.182. The van der Waals surface area contributed by atoms with Crippen LogP contribution in [0.2, 0.25) is 0 Å². The second kappa shape index (κ2) is 8.60. The van der Waals surface area contributed by atoms with Gasteiger partial charge in [-0.1, -0.05) is 80.6 Å². The first-order valence-corrected chi connectivity index (χ1v) is 12.5. The van der Waals surface area contributed by atoms with Gasteiger partial charge in [0.2, 0.25) is 0 Å². The summed E-state index contributed by atoms with van der Waals surface area (Å²) < 4.78 is 13.6. The fourth-order valence-corrected chi connectivity index (χ4v) is 5.91. The topological polar surface area (TPSA) is 29.1 Å². The van der Waals surface area contributed by atoms with E-state index in [0.29, 0.717) is 11.5 Å². The number of halogens is 1. The number of amides is 1. The summed E-state index contributed by atoms with van der Waals surface area (Å²) in [5.74, 6) is -0.410. The second-order valence-corrected chi connectivity index (χ2v) is 10.6. The van der Waals surface area contributed by atoms with E-state index in [1.54, 1.807) is 12.1 Å². The molecule has 1 amide bonds. The number of hydrogen-bond donors (Lipinski definition) is 1. The van der Waals surface area contributed by atoms with Crippen LogP contribution >= 0.6 is 0 Å². The molecule has 5 aromatic rings. The van der Waals surface area contributed by atoms with Crippen LogP contribution in [0.1, 0.15) is 46.8 Å². The first-order chi connectivity index (χ1) is 17.4. The molecule has 0 fully saturated rings. The highest BCUT2D eigenvalue weighted by atomic mass is 19.1. The highest BCUT2D eigenvalue weighted by molar-refractivity contribution is 6.09. The van der Waals surface area contributed by atoms with Crippen molar-refractivity contribution in [3.8, 4) is 0 Å². The van der Waals surface area contributed by atoms with Crippen molar-refractivity contribution < 1.29 is 9.18 Å². The lowest BCUT2D eigenvalue weighted by Gasteiger charge is -2.41. The number of rotatable bonds is 3. The summed E-state index contributed by atoms with van der Waals surface area (Å²) in [6.45, 7) is 4.69. The minimum atomic E-state index is -0.417. The summed E-state index contributed by atoms with van der Waals surface area (Å²) in [4.78, 5) is 12.7. The lowest BCUT2D eigenvalue weighted by atomic mass is 9.63.